The highest BCUT2D eigenvalue weighted by molar-refractivity contribution is 6.30. The van der Waals surface area contributed by atoms with Crippen LogP contribution in [0.15, 0.2) is 114 Å². The largest absolute Gasteiger partial charge is 0.462 e. The van der Waals surface area contributed by atoms with E-state index >= 15 is 0 Å². The van der Waals surface area contributed by atoms with Gasteiger partial charge in [0.25, 0.3) is 11.5 Å². The van der Waals surface area contributed by atoms with Crippen LogP contribution in [0.25, 0.3) is 33.6 Å². The average molecular weight is 794 g/mol. The van der Waals surface area contributed by atoms with Gasteiger partial charge in [0, 0.05) is 34.5 Å². The monoisotopic (exact) mass is 793 g/mol. The molecule has 1 atom stereocenters. The van der Waals surface area contributed by atoms with Gasteiger partial charge in [-0.1, -0.05) is 90.5 Å². The van der Waals surface area contributed by atoms with E-state index < -0.39 is 29.2 Å². The van der Waals surface area contributed by atoms with E-state index in [1.165, 1.54) is 6.20 Å². The fourth-order valence-electron chi connectivity index (χ4n) is 6.66. The number of hydrogen-bond donors (Lipinski definition) is 2. The molecule has 3 heterocycles. The molecule has 0 aliphatic carbocycles. The molecule has 4 aromatic carbocycles. The molecule has 6 aromatic rings. The van der Waals surface area contributed by atoms with Crippen LogP contribution in [-0.2, 0) is 9.47 Å². The van der Waals surface area contributed by atoms with Crippen LogP contribution in [0.4, 0.5) is 11.8 Å². The predicted molar refractivity (Wildman–Crippen MR) is 220 cm³/mol. The Kier molecular flexibility index (Phi) is 11.4. The van der Waals surface area contributed by atoms with Gasteiger partial charge in [0.05, 0.1) is 17.7 Å². The number of aromatic nitrogens is 4. The molecule has 0 radical (unpaired) electrons. The fourth-order valence-corrected chi connectivity index (χ4v) is 6.78. The van der Waals surface area contributed by atoms with E-state index in [1.54, 1.807) is 44.2 Å². The van der Waals surface area contributed by atoms with Gasteiger partial charge < -0.3 is 19.5 Å². The summed E-state index contributed by atoms with van der Waals surface area (Å²) in [4.78, 5) is 47.8. The maximum atomic E-state index is 14.6. The van der Waals surface area contributed by atoms with Crippen LogP contribution in [0.3, 0.4) is 0 Å². The third-order valence-electron chi connectivity index (χ3n) is 9.18. The van der Waals surface area contributed by atoms with Crippen molar-refractivity contribution in [3.63, 3.8) is 0 Å². The summed E-state index contributed by atoms with van der Waals surface area (Å²) in [5, 5.41) is 22.8. The number of carbonyl (C=O) groups is 2. The lowest BCUT2D eigenvalue weighted by Crippen LogP contribution is -2.36. The lowest BCUT2D eigenvalue weighted by Gasteiger charge is -2.29. The van der Waals surface area contributed by atoms with Crippen molar-refractivity contribution < 1.29 is 23.8 Å². The van der Waals surface area contributed by atoms with E-state index in [-0.39, 0.29) is 41.7 Å². The smallest absolute Gasteiger partial charge is 0.342 e. The standard InChI is InChI=1S/C44H36ClN7O6/c1-5-56-42(55)35-34(27-17-19-30(45)20-18-27)32(23-46)41(54)52(40(35)47-24-33-38(53)31-22-25(3)21-26(4)39(31)58-43(33)57-6-2)51-44-48-36(28-13-9-7-10-14-28)37(49-50-44)29-15-11-8-12-16-29/h7-22,24,43,47H,5-6H2,1-4H3,(H,48,50,51)/b33-24+. The Morgan fingerprint density at radius 3 is 2.22 bits per heavy atom. The number of benzene rings is 4. The second kappa shape index (κ2) is 16.9. The molecule has 58 heavy (non-hydrogen) atoms. The number of anilines is 2. The van der Waals surface area contributed by atoms with Crippen LogP contribution in [-0.4, -0.2) is 51.1 Å². The van der Waals surface area contributed by atoms with Crippen molar-refractivity contribution >= 4 is 35.1 Å². The number of rotatable bonds is 11. The van der Waals surface area contributed by atoms with Crippen molar-refractivity contribution in [2.45, 2.75) is 34.0 Å². The van der Waals surface area contributed by atoms with Gasteiger partial charge in [0.15, 0.2) is 0 Å². The third kappa shape index (κ3) is 7.66. The molecule has 1 unspecified atom stereocenters. The summed E-state index contributed by atoms with van der Waals surface area (Å²) in [5.41, 5.74) is 6.00. The van der Waals surface area contributed by atoms with E-state index in [0.717, 1.165) is 21.4 Å². The van der Waals surface area contributed by atoms with Crippen LogP contribution in [0.5, 0.6) is 5.75 Å². The van der Waals surface area contributed by atoms with E-state index in [4.69, 9.17) is 30.8 Å². The number of esters is 1. The zero-order valence-corrected chi connectivity index (χ0v) is 32.6. The van der Waals surface area contributed by atoms with Gasteiger partial charge in [0.2, 0.25) is 12.1 Å². The summed E-state index contributed by atoms with van der Waals surface area (Å²) in [5.74, 6) is -1.27. The number of ketones is 1. The lowest BCUT2D eigenvalue weighted by atomic mass is 9.95. The molecule has 13 nitrogen and oxygen atoms in total. The normalized spacial score (nSPS) is 14.0. The van der Waals surface area contributed by atoms with E-state index in [1.807, 2.05) is 86.6 Å². The second-order valence-electron chi connectivity index (χ2n) is 13.1. The third-order valence-corrected chi connectivity index (χ3v) is 9.43. The number of Topliss-reactive ketones (excluding diaryl/α,β-unsaturated/α-hetero) is 1. The molecular formula is C44H36ClN7O6. The Morgan fingerprint density at radius 2 is 1.59 bits per heavy atom. The number of halogens is 1. The summed E-state index contributed by atoms with van der Waals surface area (Å²) in [6, 6.07) is 30.5. The minimum absolute atomic E-state index is 0.0332. The molecule has 0 bridgehead atoms. The molecule has 1 aliphatic rings. The summed E-state index contributed by atoms with van der Waals surface area (Å²) in [6.07, 6.45) is 0.155. The molecular weight excluding hydrogens is 758 g/mol. The van der Waals surface area contributed by atoms with Gasteiger partial charge in [-0.2, -0.15) is 9.94 Å². The van der Waals surface area contributed by atoms with Gasteiger partial charge in [0.1, 0.15) is 40.2 Å². The van der Waals surface area contributed by atoms with Crippen molar-refractivity contribution in [2.75, 3.05) is 24.0 Å². The maximum absolute atomic E-state index is 14.6. The summed E-state index contributed by atoms with van der Waals surface area (Å²) in [6.45, 7) is 7.24. The van der Waals surface area contributed by atoms with Crippen molar-refractivity contribution in [2.24, 2.45) is 0 Å². The summed E-state index contributed by atoms with van der Waals surface area (Å²) < 4.78 is 18.6. The Hall–Kier alpha value is -7.14. The number of nitrogens with zero attached hydrogens (tertiary/aromatic N) is 5. The molecule has 14 heteroatoms. The lowest BCUT2D eigenvalue weighted by molar-refractivity contribution is -0.0513. The highest BCUT2D eigenvalue weighted by atomic mass is 35.5. The van der Waals surface area contributed by atoms with Crippen molar-refractivity contribution in [1.82, 2.24) is 19.9 Å². The quantitative estimate of drug-likeness (QED) is 0.0955. The first-order valence-corrected chi connectivity index (χ1v) is 18.7. The number of pyridine rings is 1. The second-order valence-corrected chi connectivity index (χ2v) is 13.5. The van der Waals surface area contributed by atoms with Gasteiger partial charge in [-0.25, -0.2) is 9.78 Å². The first-order valence-electron chi connectivity index (χ1n) is 18.3. The van der Waals surface area contributed by atoms with Crippen LogP contribution in [0, 0.1) is 25.2 Å². The zero-order valence-electron chi connectivity index (χ0n) is 31.9. The highest BCUT2D eigenvalue weighted by Gasteiger charge is 2.35. The van der Waals surface area contributed by atoms with Gasteiger partial charge in [-0.15, -0.1) is 10.2 Å². The maximum Gasteiger partial charge on any atom is 0.342 e. The molecule has 2 aromatic heterocycles. The molecule has 0 fully saturated rings. The van der Waals surface area contributed by atoms with Crippen molar-refractivity contribution in [1.29, 1.82) is 5.26 Å². The highest BCUT2D eigenvalue weighted by Crippen LogP contribution is 2.37. The summed E-state index contributed by atoms with van der Waals surface area (Å²) in [7, 11) is 0. The average Bonchev–Trinajstić information content (AvgIpc) is 3.23. The Morgan fingerprint density at radius 1 is 0.914 bits per heavy atom. The number of nitriles is 1. The predicted octanol–water partition coefficient (Wildman–Crippen LogP) is 8.16. The first kappa shape index (κ1) is 39.1. The Labute approximate surface area is 338 Å². The topological polar surface area (TPSA) is 170 Å². The number of hydrogen-bond acceptors (Lipinski definition) is 12. The minimum atomic E-state index is -1.15. The number of nitrogens with one attached hydrogen (secondary N) is 2. The molecule has 1 aliphatic heterocycles. The van der Waals surface area contributed by atoms with Crippen molar-refractivity contribution in [3.05, 3.63) is 152 Å². The molecule has 290 valence electrons. The summed E-state index contributed by atoms with van der Waals surface area (Å²) >= 11 is 6.23. The molecule has 0 amide bonds. The SMILES string of the molecule is CCOC(=O)c1c(-c2ccc(Cl)cc2)c(C#N)c(=O)n(Nc2nnc(-c3ccccc3)c(-c3ccccc3)n2)c1N/C=C1\C(=O)c2cc(C)cc(C)c2OC1OCC. The van der Waals surface area contributed by atoms with Gasteiger partial charge in [-0.05, 0) is 62.6 Å². The van der Waals surface area contributed by atoms with E-state index in [2.05, 4.69) is 20.9 Å². The van der Waals surface area contributed by atoms with Gasteiger partial charge >= 0.3 is 5.97 Å². The molecule has 0 saturated heterocycles. The Bertz CT molecular complexity index is 2680. The van der Waals surface area contributed by atoms with Crippen LogP contribution < -0.4 is 21.0 Å². The van der Waals surface area contributed by atoms with Crippen LogP contribution >= 0.6 is 11.6 Å². The first-order chi connectivity index (χ1) is 28.1. The van der Waals surface area contributed by atoms with Crippen LogP contribution in [0.1, 0.15) is 51.3 Å². The number of ether oxygens (including phenoxy) is 3. The number of carbonyl (C=O) groups excluding carboxylic acids is 2. The zero-order chi connectivity index (χ0) is 40.9. The molecule has 7 rings (SSSR count). The minimum Gasteiger partial charge on any atom is -0.462 e. The number of fused-ring (bicyclic) bond motifs is 1. The molecule has 0 spiro atoms. The van der Waals surface area contributed by atoms with Crippen molar-refractivity contribution in [3.8, 4) is 45.5 Å². The number of aryl methyl sites for hydroxylation is 2. The van der Waals surface area contributed by atoms with E-state index in [0.29, 0.717) is 38.9 Å². The fraction of sp³-hybridized carbons (Fsp3) is 0.159. The van der Waals surface area contributed by atoms with Crippen LogP contribution in [0.2, 0.25) is 5.02 Å². The van der Waals surface area contributed by atoms with E-state index in [9.17, 15) is 19.6 Å². The Balaban J connectivity index is 1.47. The molecule has 2 N–H and O–H groups in total. The molecule has 0 saturated carbocycles. The van der Waals surface area contributed by atoms with Gasteiger partial charge in [-0.3, -0.25) is 15.0 Å².